The average molecular weight is 326 g/mol. The lowest BCUT2D eigenvalue weighted by atomic mass is 9.99. The van der Waals surface area contributed by atoms with E-state index in [1.54, 1.807) is 0 Å². The van der Waals surface area contributed by atoms with Crippen molar-refractivity contribution in [1.29, 1.82) is 0 Å². The third-order valence-corrected chi connectivity index (χ3v) is 4.81. The molecule has 2 aromatic carbocycles. The summed E-state index contributed by atoms with van der Waals surface area (Å²) in [7, 11) is 0. The molecule has 1 aliphatic heterocycles. The number of piperidine rings is 1. The number of nitrogens with zero attached hydrogens (tertiary/aromatic N) is 2. The second kappa shape index (κ2) is 6.34. The van der Waals surface area contributed by atoms with Crippen molar-refractivity contribution in [3.8, 4) is 11.4 Å². The van der Waals surface area contributed by atoms with Gasteiger partial charge in [0, 0.05) is 17.1 Å². The Bertz CT molecular complexity index is 818. The van der Waals surface area contributed by atoms with Crippen molar-refractivity contribution >= 4 is 22.6 Å². The van der Waals surface area contributed by atoms with E-state index in [0.29, 0.717) is 5.92 Å². The number of para-hydroxylation sites is 2. The van der Waals surface area contributed by atoms with Crippen LogP contribution in [0, 0.1) is 5.92 Å². The Morgan fingerprint density at radius 1 is 1.17 bits per heavy atom. The SMILES string of the molecule is Clc1cccc(-c2nc3ccccc3n2CC2CCCNC2)c1. The van der Waals surface area contributed by atoms with Gasteiger partial charge < -0.3 is 9.88 Å². The van der Waals surface area contributed by atoms with Crippen molar-refractivity contribution in [3.05, 3.63) is 53.6 Å². The minimum atomic E-state index is 0.652. The molecule has 4 heteroatoms. The van der Waals surface area contributed by atoms with Crippen LogP contribution in [0.25, 0.3) is 22.4 Å². The summed E-state index contributed by atoms with van der Waals surface area (Å²) in [5, 5.41) is 4.26. The fraction of sp³-hybridized carbons (Fsp3) is 0.316. The van der Waals surface area contributed by atoms with Crippen molar-refractivity contribution in [2.75, 3.05) is 13.1 Å². The van der Waals surface area contributed by atoms with E-state index in [1.165, 1.54) is 18.4 Å². The fourth-order valence-corrected chi connectivity index (χ4v) is 3.64. The molecule has 1 fully saturated rings. The van der Waals surface area contributed by atoms with E-state index in [2.05, 4.69) is 34.1 Å². The molecular formula is C19H20ClN3. The summed E-state index contributed by atoms with van der Waals surface area (Å²) < 4.78 is 2.36. The first-order chi connectivity index (χ1) is 11.3. The lowest BCUT2D eigenvalue weighted by Crippen LogP contribution is -2.32. The molecular weight excluding hydrogens is 306 g/mol. The van der Waals surface area contributed by atoms with E-state index in [9.17, 15) is 0 Å². The predicted octanol–water partition coefficient (Wildman–Crippen LogP) is 4.36. The molecule has 23 heavy (non-hydrogen) atoms. The molecule has 3 aromatic rings. The lowest BCUT2D eigenvalue weighted by Gasteiger charge is -2.24. The Morgan fingerprint density at radius 3 is 2.91 bits per heavy atom. The molecule has 0 saturated carbocycles. The average Bonchev–Trinajstić information content (AvgIpc) is 2.95. The number of rotatable bonds is 3. The summed E-state index contributed by atoms with van der Waals surface area (Å²) >= 11 is 6.19. The zero-order valence-electron chi connectivity index (χ0n) is 13.0. The van der Waals surface area contributed by atoms with Gasteiger partial charge in [0.05, 0.1) is 11.0 Å². The first-order valence-corrected chi connectivity index (χ1v) is 8.61. The standard InChI is InChI=1S/C19H20ClN3/c20-16-7-3-6-15(11-16)19-22-17-8-1-2-9-18(17)23(19)13-14-5-4-10-21-12-14/h1-3,6-9,11,14,21H,4-5,10,12-13H2. The van der Waals surface area contributed by atoms with Crippen LogP contribution in [0.5, 0.6) is 0 Å². The van der Waals surface area contributed by atoms with Gasteiger partial charge in [-0.3, -0.25) is 0 Å². The number of aromatic nitrogens is 2. The Balaban J connectivity index is 1.80. The van der Waals surface area contributed by atoms with Crippen LogP contribution in [-0.4, -0.2) is 22.6 Å². The minimum absolute atomic E-state index is 0.652. The maximum absolute atomic E-state index is 6.19. The molecule has 118 valence electrons. The highest BCUT2D eigenvalue weighted by molar-refractivity contribution is 6.30. The van der Waals surface area contributed by atoms with E-state index in [0.717, 1.165) is 41.6 Å². The number of halogens is 1. The Morgan fingerprint density at radius 2 is 2.09 bits per heavy atom. The second-order valence-corrected chi connectivity index (χ2v) is 6.69. The van der Waals surface area contributed by atoms with Crippen molar-refractivity contribution in [3.63, 3.8) is 0 Å². The highest BCUT2D eigenvalue weighted by Crippen LogP contribution is 2.28. The number of hydrogen-bond donors (Lipinski definition) is 1. The maximum Gasteiger partial charge on any atom is 0.141 e. The maximum atomic E-state index is 6.19. The van der Waals surface area contributed by atoms with Gasteiger partial charge in [-0.2, -0.15) is 0 Å². The van der Waals surface area contributed by atoms with Crippen LogP contribution in [0.3, 0.4) is 0 Å². The van der Waals surface area contributed by atoms with Crippen molar-refractivity contribution in [1.82, 2.24) is 14.9 Å². The topological polar surface area (TPSA) is 29.9 Å². The molecule has 1 unspecified atom stereocenters. The molecule has 0 amide bonds. The van der Waals surface area contributed by atoms with Crippen molar-refractivity contribution in [2.45, 2.75) is 19.4 Å². The molecule has 0 bridgehead atoms. The first-order valence-electron chi connectivity index (χ1n) is 8.23. The molecule has 0 radical (unpaired) electrons. The van der Waals surface area contributed by atoms with Crippen LogP contribution in [0.4, 0.5) is 0 Å². The molecule has 1 saturated heterocycles. The number of nitrogens with one attached hydrogen (secondary N) is 1. The van der Waals surface area contributed by atoms with E-state index < -0.39 is 0 Å². The van der Waals surface area contributed by atoms with Crippen LogP contribution < -0.4 is 5.32 Å². The van der Waals surface area contributed by atoms with Crippen molar-refractivity contribution in [2.24, 2.45) is 5.92 Å². The fourth-order valence-electron chi connectivity index (χ4n) is 3.45. The van der Waals surface area contributed by atoms with Gasteiger partial charge in [-0.1, -0.05) is 35.9 Å². The summed E-state index contributed by atoms with van der Waals surface area (Å²) in [4.78, 5) is 4.87. The molecule has 1 aliphatic rings. The number of imidazole rings is 1. The van der Waals surface area contributed by atoms with Crippen LogP contribution in [0.15, 0.2) is 48.5 Å². The van der Waals surface area contributed by atoms with E-state index in [-0.39, 0.29) is 0 Å². The quantitative estimate of drug-likeness (QED) is 0.775. The summed E-state index contributed by atoms with van der Waals surface area (Å²) in [6, 6.07) is 16.4. The molecule has 0 aliphatic carbocycles. The Hall–Kier alpha value is -1.84. The third kappa shape index (κ3) is 2.99. The molecule has 2 heterocycles. The van der Waals surface area contributed by atoms with Gasteiger partial charge in [0.2, 0.25) is 0 Å². The number of hydrogen-bond acceptors (Lipinski definition) is 2. The molecule has 1 aromatic heterocycles. The summed E-state index contributed by atoms with van der Waals surface area (Å²) in [5.74, 6) is 1.67. The van der Waals surface area contributed by atoms with E-state index >= 15 is 0 Å². The zero-order valence-corrected chi connectivity index (χ0v) is 13.8. The van der Waals surface area contributed by atoms with Gasteiger partial charge in [0.1, 0.15) is 5.82 Å². The van der Waals surface area contributed by atoms with Crippen LogP contribution in [0.1, 0.15) is 12.8 Å². The minimum Gasteiger partial charge on any atom is -0.324 e. The highest BCUT2D eigenvalue weighted by atomic mass is 35.5. The van der Waals surface area contributed by atoms with Gasteiger partial charge in [-0.25, -0.2) is 4.98 Å². The third-order valence-electron chi connectivity index (χ3n) is 4.58. The highest BCUT2D eigenvalue weighted by Gasteiger charge is 2.18. The van der Waals surface area contributed by atoms with Gasteiger partial charge in [-0.15, -0.1) is 0 Å². The predicted molar refractivity (Wildman–Crippen MR) is 95.8 cm³/mol. The van der Waals surface area contributed by atoms with Gasteiger partial charge in [0.25, 0.3) is 0 Å². The van der Waals surface area contributed by atoms with Gasteiger partial charge >= 0.3 is 0 Å². The largest absolute Gasteiger partial charge is 0.324 e. The van der Waals surface area contributed by atoms with E-state index in [1.807, 2.05) is 24.3 Å². The Labute approximate surface area is 141 Å². The van der Waals surface area contributed by atoms with Crippen LogP contribution in [-0.2, 0) is 6.54 Å². The summed E-state index contributed by atoms with van der Waals surface area (Å²) in [6.07, 6.45) is 2.53. The number of fused-ring (bicyclic) bond motifs is 1. The molecule has 0 spiro atoms. The summed E-state index contributed by atoms with van der Waals surface area (Å²) in [6.45, 7) is 3.22. The van der Waals surface area contributed by atoms with Crippen LogP contribution in [0.2, 0.25) is 5.02 Å². The van der Waals surface area contributed by atoms with Gasteiger partial charge in [-0.05, 0) is 56.1 Å². The molecule has 3 nitrogen and oxygen atoms in total. The van der Waals surface area contributed by atoms with Crippen LogP contribution >= 0.6 is 11.6 Å². The zero-order chi connectivity index (χ0) is 15.6. The van der Waals surface area contributed by atoms with Gasteiger partial charge in [0.15, 0.2) is 0 Å². The number of benzene rings is 2. The van der Waals surface area contributed by atoms with Crippen molar-refractivity contribution < 1.29 is 0 Å². The molecule has 1 N–H and O–H groups in total. The normalized spacial score (nSPS) is 18.4. The monoisotopic (exact) mass is 325 g/mol. The second-order valence-electron chi connectivity index (χ2n) is 6.26. The lowest BCUT2D eigenvalue weighted by molar-refractivity contribution is 0.341. The Kier molecular flexibility index (Phi) is 4.06. The molecule has 4 rings (SSSR count). The summed E-state index contributed by atoms with van der Waals surface area (Å²) in [5.41, 5.74) is 3.33. The first kappa shape index (κ1) is 14.7. The van der Waals surface area contributed by atoms with E-state index in [4.69, 9.17) is 16.6 Å². The smallest absolute Gasteiger partial charge is 0.141 e. The molecule has 1 atom stereocenters.